The zero-order chi connectivity index (χ0) is 47.8. The van der Waals surface area contributed by atoms with Gasteiger partial charge in [-0.25, -0.2) is 19.6 Å². The molecule has 7 rings (SSSR count). The molecule has 0 spiro atoms. The number of fused-ring (bicyclic) bond motifs is 2. The lowest BCUT2D eigenvalue weighted by atomic mass is 10.0. The second kappa shape index (κ2) is 21.3. The Morgan fingerprint density at radius 2 is 1.12 bits per heavy atom. The normalized spacial score (nSPS) is 12.9. The Morgan fingerprint density at radius 3 is 1.55 bits per heavy atom. The number of imidazole rings is 2. The first-order valence-corrected chi connectivity index (χ1v) is 23.2. The fraction of sp³-hybridized carbons (Fsp3) is 0.306. The van der Waals surface area contributed by atoms with Crippen molar-refractivity contribution in [2.45, 2.75) is 57.8 Å². The Balaban J connectivity index is 1.19. The quantitative estimate of drug-likeness (QED) is 0.0603. The van der Waals surface area contributed by atoms with Crippen molar-refractivity contribution < 1.29 is 38.1 Å². The Labute approximate surface area is 396 Å². The van der Waals surface area contributed by atoms with Gasteiger partial charge in [0, 0.05) is 23.9 Å². The van der Waals surface area contributed by atoms with Gasteiger partial charge in [-0.05, 0) is 43.0 Å². The predicted molar refractivity (Wildman–Crippen MR) is 259 cm³/mol. The van der Waals surface area contributed by atoms with Crippen LogP contribution >= 0.6 is 22.7 Å². The van der Waals surface area contributed by atoms with Crippen LogP contribution in [-0.4, -0.2) is 95.3 Å². The van der Waals surface area contributed by atoms with Gasteiger partial charge < -0.3 is 49.3 Å². The number of amides is 4. The molecular formula is C49H52N8O8S2. The number of terminal acetylenes is 1. The van der Waals surface area contributed by atoms with Crippen molar-refractivity contribution in [2.24, 2.45) is 0 Å². The molecule has 2 unspecified atom stereocenters. The summed E-state index contributed by atoms with van der Waals surface area (Å²) in [5, 5.41) is 7.05. The van der Waals surface area contributed by atoms with E-state index < -0.39 is 42.3 Å². The van der Waals surface area contributed by atoms with Crippen LogP contribution in [0.1, 0.15) is 80.6 Å². The number of hydrogen-bond acceptors (Lipinski definition) is 12. The van der Waals surface area contributed by atoms with Crippen LogP contribution in [0, 0.1) is 12.3 Å². The molecular weight excluding hydrogens is 893 g/mol. The van der Waals surface area contributed by atoms with Crippen LogP contribution in [0.2, 0.25) is 0 Å². The number of aromatic nitrogens is 4. The van der Waals surface area contributed by atoms with Gasteiger partial charge in [0.15, 0.2) is 6.04 Å². The van der Waals surface area contributed by atoms with E-state index in [1.165, 1.54) is 41.8 Å². The third kappa shape index (κ3) is 9.79. The number of rotatable bonds is 18. The van der Waals surface area contributed by atoms with Gasteiger partial charge >= 0.3 is 12.2 Å². The van der Waals surface area contributed by atoms with E-state index >= 15 is 0 Å². The molecule has 4 heterocycles. The number of aromatic amines is 2. The molecule has 3 aromatic carbocycles. The van der Waals surface area contributed by atoms with E-state index in [4.69, 9.17) is 30.4 Å². The van der Waals surface area contributed by atoms with Crippen molar-refractivity contribution in [3.8, 4) is 45.0 Å². The van der Waals surface area contributed by atoms with Crippen LogP contribution in [0.25, 0.3) is 41.3 Å². The summed E-state index contributed by atoms with van der Waals surface area (Å²) in [6.45, 7) is 6.55. The van der Waals surface area contributed by atoms with Gasteiger partial charge in [0.05, 0.1) is 77.4 Å². The second-order valence-corrected chi connectivity index (χ2v) is 17.5. The molecule has 0 bridgehead atoms. The molecule has 67 heavy (non-hydrogen) atoms. The van der Waals surface area contributed by atoms with Gasteiger partial charge in [-0.15, -0.1) is 29.1 Å². The summed E-state index contributed by atoms with van der Waals surface area (Å²) in [5.41, 5.74) is 2.62. The van der Waals surface area contributed by atoms with Gasteiger partial charge in [-0.3, -0.25) is 9.59 Å². The lowest BCUT2D eigenvalue weighted by molar-refractivity contribution is -0.136. The van der Waals surface area contributed by atoms with E-state index in [0.717, 1.165) is 35.6 Å². The molecule has 4 N–H and O–H groups in total. The maximum Gasteiger partial charge on any atom is 0.407 e. The lowest BCUT2D eigenvalue weighted by Gasteiger charge is -2.31. The van der Waals surface area contributed by atoms with Crippen molar-refractivity contribution >= 4 is 66.8 Å². The molecule has 4 aromatic heterocycles. The predicted octanol–water partition coefficient (Wildman–Crippen LogP) is 9.32. The first-order chi connectivity index (χ1) is 32.5. The van der Waals surface area contributed by atoms with Crippen LogP contribution in [0.15, 0.2) is 85.2 Å². The number of nitrogens with one attached hydrogen (secondary N) is 4. The van der Waals surface area contributed by atoms with Gasteiger partial charge in [0.1, 0.15) is 35.2 Å². The first kappa shape index (κ1) is 47.6. The highest BCUT2D eigenvalue weighted by Crippen LogP contribution is 2.52. The molecule has 4 atom stereocenters. The molecule has 0 fully saturated rings. The van der Waals surface area contributed by atoms with Gasteiger partial charge in [0.2, 0.25) is 0 Å². The number of alkyl carbamates (subject to hydrolysis) is 2. The summed E-state index contributed by atoms with van der Waals surface area (Å²) in [4.78, 5) is 74.5. The van der Waals surface area contributed by atoms with Crippen LogP contribution in [0.4, 0.5) is 9.59 Å². The highest BCUT2D eigenvalue weighted by molar-refractivity contribution is 7.24. The average Bonchev–Trinajstić information content (AvgIpc) is 4.20. The van der Waals surface area contributed by atoms with Gasteiger partial charge in [-0.1, -0.05) is 80.4 Å². The highest BCUT2D eigenvalue weighted by Gasteiger charge is 2.35. The van der Waals surface area contributed by atoms with Gasteiger partial charge in [0.25, 0.3) is 11.8 Å². The lowest BCUT2D eigenvalue weighted by Crippen LogP contribution is -2.44. The SMILES string of the molecule is C#C[C@@H](c1ncc(-c2cc3c(OC)c4sc(-c5cnc([C@H](C)N(CCC)C(=O)C(NC(=O)OC)c6ccccc6)[nH]5)cc4c(OC)c3s2)[nH]1)N(CCC)C(=O)C(NC(=O)OC)c1ccccc1. The van der Waals surface area contributed by atoms with Crippen LogP contribution in [0.5, 0.6) is 11.5 Å². The fourth-order valence-electron chi connectivity index (χ4n) is 8.01. The number of H-pyrrole nitrogens is 2. The van der Waals surface area contributed by atoms with Crippen molar-refractivity contribution in [1.82, 2.24) is 40.4 Å². The minimum atomic E-state index is -1.05. The first-order valence-electron chi connectivity index (χ1n) is 21.6. The summed E-state index contributed by atoms with van der Waals surface area (Å²) in [5.74, 6) is 4.33. The topological polar surface area (TPSA) is 193 Å². The van der Waals surface area contributed by atoms with Crippen molar-refractivity contribution in [3.05, 3.63) is 108 Å². The number of thiophene rings is 2. The van der Waals surface area contributed by atoms with Crippen LogP contribution in [0.3, 0.4) is 0 Å². The maximum atomic E-state index is 14.3. The number of methoxy groups -OCH3 is 4. The Morgan fingerprint density at radius 1 is 0.687 bits per heavy atom. The summed E-state index contributed by atoms with van der Waals surface area (Å²) in [7, 11) is 5.77. The average molecular weight is 945 g/mol. The number of hydrogen-bond donors (Lipinski definition) is 4. The third-order valence-corrected chi connectivity index (χ3v) is 13.6. The van der Waals surface area contributed by atoms with E-state index in [1.807, 2.05) is 57.2 Å². The molecule has 0 aliphatic rings. The number of benzene rings is 3. The molecule has 18 heteroatoms. The highest BCUT2D eigenvalue weighted by atomic mass is 32.1. The summed E-state index contributed by atoms with van der Waals surface area (Å²) in [6, 6.07) is 18.6. The molecule has 0 saturated heterocycles. The standard InChI is InChI=1S/C49H52N8O8S2/c1-9-22-56(46(58)38(54-48(60)64-7)29-18-14-12-15-19-29)28(4)44-50-26-33(52-44)36-24-31-40(62-5)43-32(41(63-6)42(31)66-36)25-37(67-43)34-27-51-45(53-34)35(11-3)57(23-10-2)47(59)39(55-49(61)65-8)30-20-16-13-17-21-30/h3,12-21,24-28,35,38-39H,9-10,22-23H2,1-2,4-8H3,(H,50,52)(H,51,53)(H,54,60)(H,55,61)/t28-,35-,38?,39?/m0/s1. The number of ether oxygens (including phenoxy) is 4. The minimum absolute atomic E-state index is 0.294. The molecule has 0 saturated carbocycles. The molecule has 0 aliphatic heterocycles. The summed E-state index contributed by atoms with van der Waals surface area (Å²) >= 11 is 3.00. The second-order valence-electron chi connectivity index (χ2n) is 15.4. The van der Waals surface area contributed by atoms with E-state index in [0.29, 0.717) is 65.9 Å². The molecule has 7 aromatic rings. The maximum absolute atomic E-state index is 14.3. The van der Waals surface area contributed by atoms with Crippen molar-refractivity contribution in [3.63, 3.8) is 0 Å². The minimum Gasteiger partial charge on any atom is -0.495 e. The Kier molecular flexibility index (Phi) is 15.1. The Bertz CT molecular complexity index is 2840. The molecule has 348 valence electrons. The fourth-order valence-corrected chi connectivity index (χ4v) is 10.3. The van der Waals surface area contributed by atoms with E-state index in [2.05, 4.69) is 31.5 Å². The van der Waals surface area contributed by atoms with Crippen LogP contribution < -0.4 is 20.1 Å². The zero-order valence-electron chi connectivity index (χ0n) is 38.2. The number of carbonyl (C=O) groups excluding carboxylic acids is 4. The molecule has 0 aliphatic carbocycles. The molecule has 0 radical (unpaired) electrons. The zero-order valence-corrected chi connectivity index (χ0v) is 39.8. The largest absolute Gasteiger partial charge is 0.495 e. The Hall–Kier alpha value is -7.36. The van der Waals surface area contributed by atoms with Crippen molar-refractivity contribution in [2.75, 3.05) is 41.5 Å². The van der Waals surface area contributed by atoms with Crippen LogP contribution in [-0.2, 0) is 19.1 Å². The van der Waals surface area contributed by atoms with Crippen molar-refractivity contribution in [1.29, 1.82) is 0 Å². The van der Waals surface area contributed by atoms with E-state index in [9.17, 15) is 19.2 Å². The van der Waals surface area contributed by atoms with Gasteiger partial charge in [-0.2, -0.15) is 0 Å². The van der Waals surface area contributed by atoms with E-state index in [-0.39, 0.29) is 5.91 Å². The third-order valence-electron chi connectivity index (χ3n) is 11.2. The smallest absolute Gasteiger partial charge is 0.407 e. The number of nitrogens with zero attached hydrogens (tertiary/aromatic N) is 4. The summed E-state index contributed by atoms with van der Waals surface area (Å²) < 4.78 is 23.7. The molecule has 4 amide bonds. The van der Waals surface area contributed by atoms with E-state index in [1.54, 1.807) is 67.9 Å². The number of carbonyl (C=O) groups is 4. The summed E-state index contributed by atoms with van der Waals surface area (Å²) in [6.07, 6.45) is 9.39. The monoisotopic (exact) mass is 944 g/mol. The molecule has 16 nitrogen and oxygen atoms in total.